The van der Waals surface area contributed by atoms with E-state index in [1.54, 1.807) is 11.0 Å². The first-order valence-electron chi connectivity index (χ1n) is 8.81. The second kappa shape index (κ2) is 7.94. The topological polar surface area (TPSA) is 47.0 Å². The molecule has 2 aliphatic heterocycles. The summed E-state index contributed by atoms with van der Waals surface area (Å²) in [6, 6.07) is 6.88. The van der Waals surface area contributed by atoms with Crippen LogP contribution in [0.25, 0.3) is 0 Å². The zero-order valence-electron chi connectivity index (χ0n) is 14.0. The summed E-state index contributed by atoms with van der Waals surface area (Å²) in [5, 5.41) is 10.3. The molecule has 1 N–H and O–H groups in total. The van der Waals surface area contributed by atoms with E-state index in [0.29, 0.717) is 25.2 Å². The molecule has 0 aliphatic carbocycles. The van der Waals surface area contributed by atoms with Crippen molar-refractivity contribution in [3.8, 4) is 0 Å². The predicted molar refractivity (Wildman–Crippen MR) is 91.5 cm³/mol. The molecule has 2 heterocycles. The predicted octanol–water partition coefficient (Wildman–Crippen LogP) is 1.32. The molecule has 6 heteroatoms. The van der Waals surface area contributed by atoms with Gasteiger partial charge < -0.3 is 14.9 Å². The molecule has 2 saturated heterocycles. The van der Waals surface area contributed by atoms with E-state index in [-0.39, 0.29) is 11.7 Å². The second-order valence-electron chi connectivity index (χ2n) is 6.69. The summed E-state index contributed by atoms with van der Waals surface area (Å²) in [4.78, 5) is 17.7. The molecule has 1 aromatic carbocycles. The SMILES string of the molecule is O=C1CCCN1CC(O)CN1CCCN(c2ccccc2F)CC1. The summed E-state index contributed by atoms with van der Waals surface area (Å²) < 4.78 is 13.9. The van der Waals surface area contributed by atoms with Gasteiger partial charge in [0.15, 0.2) is 0 Å². The summed E-state index contributed by atoms with van der Waals surface area (Å²) >= 11 is 0. The number of carbonyl (C=O) groups is 1. The van der Waals surface area contributed by atoms with Crippen molar-refractivity contribution >= 4 is 11.6 Å². The van der Waals surface area contributed by atoms with Crippen LogP contribution >= 0.6 is 0 Å². The fourth-order valence-electron chi connectivity index (χ4n) is 3.61. The number of amides is 1. The molecule has 1 atom stereocenters. The average molecular weight is 335 g/mol. The minimum Gasteiger partial charge on any atom is -0.390 e. The van der Waals surface area contributed by atoms with Crippen molar-refractivity contribution in [3.05, 3.63) is 30.1 Å². The fraction of sp³-hybridized carbons (Fsp3) is 0.611. The van der Waals surface area contributed by atoms with E-state index in [9.17, 15) is 14.3 Å². The Morgan fingerprint density at radius 2 is 1.88 bits per heavy atom. The Morgan fingerprint density at radius 3 is 2.62 bits per heavy atom. The number of β-amino-alcohol motifs (C(OH)–C–C–N with tert-alkyl or cyclic N) is 1. The van der Waals surface area contributed by atoms with Gasteiger partial charge in [0.1, 0.15) is 5.82 Å². The van der Waals surface area contributed by atoms with Crippen molar-refractivity contribution < 1.29 is 14.3 Å². The van der Waals surface area contributed by atoms with Gasteiger partial charge in [0, 0.05) is 45.7 Å². The molecule has 0 saturated carbocycles. The van der Waals surface area contributed by atoms with Crippen LogP contribution in [0.5, 0.6) is 0 Å². The zero-order valence-corrected chi connectivity index (χ0v) is 14.0. The van der Waals surface area contributed by atoms with Crippen LogP contribution in [0.2, 0.25) is 0 Å². The summed E-state index contributed by atoms with van der Waals surface area (Å²) in [6.45, 7) is 4.99. The van der Waals surface area contributed by atoms with Crippen LogP contribution in [0, 0.1) is 5.82 Å². The van der Waals surface area contributed by atoms with Crippen molar-refractivity contribution in [2.75, 3.05) is 50.7 Å². The van der Waals surface area contributed by atoms with Gasteiger partial charge in [0.2, 0.25) is 5.91 Å². The number of aliphatic hydroxyl groups is 1. The minimum absolute atomic E-state index is 0.149. The molecule has 1 unspecified atom stereocenters. The highest BCUT2D eigenvalue weighted by atomic mass is 19.1. The van der Waals surface area contributed by atoms with Crippen LogP contribution in [0.1, 0.15) is 19.3 Å². The smallest absolute Gasteiger partial charge is 0.222 e. The summed E-state index contributed by atoms with van der Waals surface area (Å²) in [6.07, 6.45) is 1.91. The third-order valence-corrected chi connectivity index (χ3v) is 4.85. The lowest BCUT2D eigenvalue weighted by Crippen LogP contribution is -2.42. The number of likely N-dealkylation sites (tertiary alicyclic amines) is 1. The standard InChI is InChI=1S/C18H26FN3O2/c19-16-5-1-2-6-17(16)21-10-4-8-20(11-12-21)13-15(23)14-22-9-3-7-18(22)24/h1-2,5-6,15,23H,3-4,7-14H2. The number of anilines is 1. The van der Waals surface area contributed by atoms with Gasteiger partial charge in [-0.05, 0) is 31.5 Å². The van der Waals surface area contributed by atoms with E-state index in [1.807, 2.05) is 12.1 Å². The molecule has 132 valence electrons. The average Bonchev–Trinajstić information content (AvgIpc) is 2.82. The maximum Gasteiger partial charge on any atom is 0.222 e. The molecule has 24 heavy (non-hydrogen) atoms. The Morgan fingerprint density at radius 1 is 1.04 bits per heavy atom. The number of carbonyl (C=O) groups excluding carboxylic acids is 1. The fourth-order valence-corrected chi connectivity index (χ4v) is 3.61. The summed E-state index contributed by atoms with van der Waals surface area (Å²) in [5.41, 5.74) is 0.655. The molecule has 2 fully saturated rings. The van der Waals surface area contributed by atoms with E-state index >= 15 is 0 Å². The largest absolute Gasteiger partial charge is 0.390 e. The minimum atomic E-state index is -0.521. The van der Waals surface area contributed by atoms with E-state index < -0.39 is 6.10 Å². The van der Waals surface area contributed by atoms with Crippen molar-refractivity contribution in [3.63, 3.8) is 0 Å². The molecular weight excluding hydrogens is 309 g/mol. The van der Waals surface area contributed by atoms with Gasteiger partial charge in [-0.25, -0.2) is 4.39 Å². The molecule has 1 aromatic rings. The van der Waals surface area contributed by atoms with E-state index in [1.165, 1.54) is 6.07 Å². The lowest BCUT2D eigenvalue weighted by Gasteiger charge is -2.27. The van der Waals surface area contributed by atoms with Crippen LogP contribution in [-0.2, 0) is 4.79 Å². The van der Waals surface area contributed by atoms with E-state index in [0.717, 1.165) is 45.6 Å². The lowest BCUT2D eigenvalue weighted by atomic mass is 10.2. The first-order valence-corrected chi connectivity index (χ1v) is 8.81. The van der Waals surface area contributed by atoms with Gasteiger partial charge in [0.05, 0.1) is 11.8 Å². The Labute approximate surface area is 142 Å². The van der Waals surface area contributed by atoms with Gasteiger partial charge in [-0.2, -0.15) is 0 Å². The first-order chi connectivity index (χ1) is 11.6. The molecule has 0 spiro atoms. The van der Waals surface area contributed by atoms with Crippen molar-refractivity contribution in [2.45, 2.75) is 25.4 Å². The molecule has 0 bridgehead atoms. The number of aliphatic hydroxyl groups excluding tert-OH is 1. The monoisotopic (exact) mass is 335 g/mol. The summed E-state index contributed by atoms with van der Waals surface area (Å²) in [7, 11) is 0. The first kappa shape index (κ1) is 17.2. The van der Waals surface area contributed by atoms with Gasteiger partial charge in [-0.1, -0.05) is 12.1 Å². The van der Waals surface area contributed by atoms with Crippen LogP contribution in [0.15, 0.2) is 24.3 Å². The van der Waals surface area contributed by atoms with Crippen LogP contribution in [0.3, 0.4) is 0 Å². The number of halogens is 1. The highest BCUT2D eigenvalue weighted by Gasteiger charge is 2.24. The number of rotatable bonds is 5. The second-order valence-corrected chi connectivity index (χ2v) is 6.69. The van der Waals surface area contributed by atoms with Gasteiger partial charge >= 0.3 is 0 Å². The Hall–Kier alpha value is -1.66. The molecule has 3 rings (SSSR count). The number of para-hydroxylation sites is 1. The Kier molecular flexibility index (Phi) is 5.68. The third kappa shape index (κ3) is 4.24. The highest BCUT2D eigenvalue weighted by molar-refractivity contribution is 5.78. The van der Waals surface area contributed by atoms with Crippen LogP contribution < -0.4 is 4.90 Å². The number of benzene rings is 1. The highest BCUT2D eigenvalue weighted by Crippen LogP contribution is 2.20. The van der Waals surface area contributed by atoms with Crippen molar-refractivity contribution in [2.24, 2.45) is 0 Å². The van der Waals surface area contributed by atoms with Crippen molar-refractivity contribution in [1.82, 2.24) is 9.80 Å². The zero-order chi connectivity index (χ0) is 16.9. The van der Waals surface area contributed by atoms with Gasteiger partial charge in [-0.15, -0.1) is 0 Å². The molecular formula is C18H26FN3O2. The third-order valence-electron chi connectivity index (χ3n) is 4.85. The number of hydrogen-bond acceptors (Lipinski definition) is 4. The summed E-state index contributed by atoms with van der Waals surface area (Å²) in [5.74, 6) is -0.0332. The van der Waals surface area contributed by atoms with Crippen LogP contribution in [-0.4, -0.2) is 72.7 Å². The lowest BCUT2D eigenvalue weighted by molar-refractivity contribution is -0.129. The Balaban J connectivity index is 1.50. The maximum atomic E-state index is 13.9. The molecule has 0 radical (unpaired) electrons. The number of hydrogen-bond donors (Lipinski definition) is 1. The maximum absolute atomic E-state index is 13.9. The normalized spacial score (nSPS) is 21.2. The number of nitrogens with zero attached hydrogens (tertiary/aromatic N) is 3. The van der Waals surface area contributed by atoms with Gasteiger partial charge in [-0.3, -0.25) is 9.69 Å². The van der Waals surface area contributed by atoms with Gasteiger partial charge in [0.25, 0.3) is 0 Å². The molecule has 2 aliphatic rings. The molecule has 5 nitrogen and oxygen atoms in total. The molecule has 1 amide bonds. The van der Waals surface area contributed by atoms with E-state index in [4.69, 9.17) is 0 Å². The van der Waals surface area contributed by atoms with E-state index in [2.05, 4.69) is 9.80 Å². The quantitative estimate of drug-likeness (QED) is 0.882. The molecule has 0 aromatic heterocycles. The van der Waals surface area contributed by atoms with Crippen LogP contribution in [0.4, 0.5) is 10.1 Å². The Bertz CT molecular complexity index is 569. The van der Waals surface area contributed by atoms with Crippen molar-refractivity contribution in [1.29, 1.82) is 0 Å².